The minimum absolute atomic E-state index is 0.0853. The summed E-state index contributed by atoms with van der Waals surface area (Å²) >= 11 is 6.13. The van der Waals surface area contributed by atoms with Crippen LogP contribution in [0.5, 0.6) is 0 Å². The smallest absolute Gasteiger partial charge is 0.282 e. The zero-order valence-electron chi connectivity index (χ0n) is 17.2. The molecule has 0 radical (unpaired) electrons. The standard InChI is InChI=1S/C21H20ClN5O5/c1-24-7-9-25(10-8-24)16-6-5-13(22)11-15(16)23-18(28)12-26-20(29)14-3-2-4-17(27(31)32)19(14)21(26)30/h2-6,11H,7-10,12H2,1H3,(H,23,28). The molecule has 4 rings (SSSR count). The van der Waals surface area contributed by atoms with Crippen LogP contribution in [0.25, 0.3) is 0 Å². The fourth-order valence-electron chi connectivity index (χ4n) is 3.88. The van der Waals surface area contributed by atoms with E-state index in [-0.39, 0.29) is 11.1 Å². The zero-order chi connectivity index (χ0) is 23.0. The first-order chi connectivity index (χ1) is 15.3. The van der Waals surface area contributed by atoms with Crippen molar-refractivity contribution in [3.05, 3.63) is 62.7 Å². The van der Waals surface area contributed by atoms with Crippen LogP contribution in [0.2, 0.25) is 5.02 Å². The molecule has 1 fully saturated rings. The maximum absolute atomic E-state index is 12.8. The van der Waals surface area contributed by atoms with Crippen LogP contribution < -0.4 is 10.2 Å². The molecule has 2 aliphatic heterocycles. The second-order valence-corrected chi connectivity index (χ2v) is 8.09. The lowest BCUT2D eigenvalue weighted by Gasteiger charge is -2.35. The Kier molecular flexibility index (Phi) is 5.81. The summed E-state index contributed by atoms with van der Waals surface area (Å²) in [4.78, 5) is 53.7. The van der Waals surface area contributed by atoms with E-state index >= 15 is 0 Å². The van der Waals surface area contributed by atoms with Crippen LogP contribution in [-0.4, -0.2) is 72.2 Å². The highest BCUT2D eigenvalue weighted by molar-refractivity contribution is 6.31. The molecule has 3 amide bonds. The molecule has 2 aliphatic rings. The van der Waals surface area contributed by atoms with Crippen LogP contribution in [0.15, 0.2) is 36.4 Å². The van der Waals surface area contributed by atoms with Crippen LogP contribution >= 0.6 is 11.6 Å². The maximum atomic E-state index is 12.8. The third-order valence-corrected chi connectivity index (χ3v) is 5.79. The van der Waals surface area contributed by atoms with Gasteiger partial charge < -0.3 is 15.1 Å². The molecule has 0 aliphatic carbocycles. The van der Waals surface area contributed by atoms with Crippen LogP contribution in [0.3, 0.4) is 0 Å². The minimum Gasteiger partial charge on any atom is -0.367 e. The van der Waals surface area contributed by atoms with Gasteiger partial charge in [0.2, 0.25) is 5.91 Å². The summed E-state index contributed by atoms with van der Waals surface area (Å²) in [5.74, 6) is -2.22. The number of carbonyl (C=O) groups excluding carboxylic acids is 3. The number of fused-ring (bicyclic) bond motifs is 1. The van der Waals surface area contributed by atoms with E-state index in [2.05, 4.69) is 15.1 Å². The van der Waals surface area contributed by atoms with Gasteiger partial charge in [-0.2, -0.15) is 0 Å². The summed E-state index contributed by atoms with van der Waals surface area (Å²) in [6.45, 7) is 2.69. The van der Waals surface area contributed by atoms with Gasteiger partial charge in [-0.3, -0.25) is 29.4 Å². The summed E-state index contributed by atoms with van der Waals surface area (Å²) < 4.78 is 0. The van der Waals surface area contributed by atoms with Crippen molar-refractivity contribution >= 4 is 46.4 Å². The lowest BCUT2D eigenvalue weighted by atomic mass is 10.1. The number of benzene rings is 2. The molecule has 2 heterocycles. The molecule has 0 atom stereocenters. The lowest BCUT2D eigenvalue weighted by Crippen LogP contribution is -2.45. The van der Waals surface area contributed by atoms with Gasteiger partial charge in [0.05, 0.1) is 21.9 Å². The van der Waals surface area contributed by atoms with Crippen molar-refractivity contribution in [2.45, 2.75) is 0 Å². The van der Waals surface area contributed by atoms with Crippen molar-refractivity contribution in [3.63, 3.8) is 0 Å². The third kappa shape index (κ3) is 4.02. The number of imide groups is 1. The number of nitrogens with zero attached hydrogens (tertiary/aromatic N) is 4. The Labute approximate surface area is 188 Å². The average Bonchev–Trinajstić information content (AvgIpc) is 2.99. The van der Waals surface area contributed by atoms with E-state index in [0.717, 1.165) is 37.9 Å². The molecule has 2 aromatic rings. The highest BCUT2D eigenvalue weighted by Gasteiger charge is 2.41. The summed E-state index contributed by atoms with van der Waals surface area (Å²) in [6, 6.07) is 8.98. The molecule has 0 bridgehead atoms. The average molecular weight is 458 g/mol. The Morgan fingerprint density at radius 1 is 1.12 bits per heavy atom. The topological polar surface area (TPSA) is 116 Å². The first-order valence-corrected chi connectivity index (χ1v) is 10.3. The van der Waals surface area contributed by atoms with Gasteiger partial charge in [0.25, 0.3) is 17.5 Å². The quantitative estimate of drug-likeness (QED) is 0.415. The van der Waals surface area contributed by atoms with E-state index < -0.39 is 34.9 Å². The summed E-state index contributed by atoms with van der Waals surface area (Å²) in [6.07, 6.45) is 0. The number of piperazine rings is 1. The van der Waals surface area contributed by atoms with Crippen molar-refractivity contribution in [2.24, 2.45) is 0 Å². The van der Waals surface area contributed by atoms with Gasteiger partial charge in [-0.15, -0.1) is 0 Å². The second-order valence-electron chi connectivity index (χ2n) is 7.65. The van der Waals surface area contributed by atoms with Crippen molar-refractivity contribution in [2.75, 3.05) is 50.0 Å². The molecular formula is C21H20ClN5O5. The van der Waals surface area contributed by atoms with Gasteiger partial charge >= 0.3 is 0 Å². The van der Waals surface area contributed by atoms with E-state index in [1.165, 1.54) is 12.1 Å². The first-order valence-electron chi connectivity index (χ1n) is 9.92. The Hall–Kier alpha value is -3.50. The van der Waals surface area contributed by atoms with Gasteiger partial charge in [-0.25, -0.2) is 0 Å². The van der Waals surface area contributed by atoms with Crippen LogP contribution in [0.1, 0.15) is 20.7 Å². The Balaban J connectivity index is 1.53. The molecule has 0 spiro atoms. The van der Waals surface area contributed by atoms with E-state index in [9.17, 15) is 24.5 Å². The van der Waals surface area contributed by atoms with Gasteiger partial charge in [0.1, 0.15) is 12.1 Å². The van der Waals surface area contributed by atoms with Crippen molar-refractivity contribution in [1.82, 2.24) is 9.80 Å². The molecule has 1 N–H and O–H groups in total. The Bertz CT molecular complexity index is 1130. The van der Waals surface area contributed by atoms with Crippen LogP contribution in [-0.2, 0) is 4.79 Å². The number of amides is 3. The molecule has 0 saturated carbocycles. The van der Waals surface area contributed by atoms with E-state index in [1.54, 1.807) is 12.1 Å². The largest absolute Gasteiger partial charge is 0.367 e. The minimum atomic E-state index is -0.863. The molecule has 32 heavy (non-hydrogen) atoms. The van der Waals surface area contributed by atoms with Crippen molar-refractivity contribution < 1.29 is 19.3 Å². The maximum Gasteiger partial charge on any atom is 0.282 e. The lowest BCUT2D eigenvalue weighted by molar-refractivity contribution is -0.385. The molecule has 0 aromatic heterocycles. The second kappa shape index (κ2) is 8.56. The fourth-order valence-corrected chi connectivity index (χ4v) is 4.05. The summed E-state index contributed by atoms with van der Waals surface area (Å²) in [5.41, 5.74) is 0.411. The first kappa shape index (κ1) is 21.7. The van der Waals surface area contributed by atoms with Crippen molar-refractivity contribution in [1.29, 1.82) is 0 Å². The van der Waals surface area contributed by atoms with Crippen LogP contribution in [0.4, 0.5) is 17.1 Å². The Morgan fingerprint density at radius 2 is 1.84 bits per heavy atom. The van der Waals surface area contributed by atoms with Gasteiger partial charge in [-0.05, 0) is 31.3 Å². The van der Waals surface area contributed by atoms with Gasteiger partial charge in [0.15, 0.2) is 0 Å². The predicted molar refractivity (Wildman–Crippen MR) is 118 cm³/mol. The number of nitrogens with one attached hydrogen (secondary N) is 1. The van der Waals surface area contributed by atoms with E-state index in [0.29, 0.717) is 15.6 Å². The fraction of sp³-hybridized carbons (Fsp3) is 0.286. The van der Waals surface area contributed by atoms with Crippen molar-refractivity contribution in [3.8, 4) is 0 Å². The molecule has 1 saturated heterocycles. The number of nitro benzene ring substituents is 1. The van der Waals surface area contributed by atoms with Crippen LogP contribution in [0, 0.1) is 10.1 Å². The highest BCUT2D eigenvalue weighted by atomic mass is 35.5. The molecule has 166 valence electrons. The number of rotatable bonds is 5. The summed E-state index contributed by atoms with van der Waals surface area (Å²) in [5, 5.41) is 14.4. The molecule has 2 aromatic carbocycles. The SMILES string of the molecule is CN1CCN(c2ccc(Cl)cc2NC(=O)CN2C(=O)c3cccc([N+](=O)[O-])c3C2=O)CC1. The number of hydrogen-bond donors (Lipinski definition) is 1. The van der Waals surface area contributed by atoms with Gasteiger partial charge in [0, 0.05) is 37.3 Å². The number of anilines is 2. The van der Waals surface area contributed by atoms with E-state index in [4.69, 9.17) is 11.6 Å². The van der Waals surface area contributed by atoms with Gasteiger partial charge in [-0.1, -0.05) is 17.7 Å². The number of nitro groups is 1. The molecule has 11 heteroatoms. The predicted octanol–water partition coefficient (Wildman–Crippen LogP) is 2.23. The molecule has 0 unspecified atom stereocenters. The number of halogens is 1. The number of carbonyl (C=O) groups is 3. The normalized spacial score (nSPS) is 16.3. The number of likely N-dealkylation sites (N-methyl/N-ethyl adjacent to an activating group) is 1. The summed E-state index contributed by atoms with van der Waals surface area (Å²) in [7, 11) is 2.04. The number of hydrogen-bond acceptors (Lipinski definition) is 7. The zero-order valence-corrected chi connectivity index (χ0v) is 18.0. The molecule has 10 nitrogen and oxygen atoms in total. The monoisotopic (exact) mass is 457 g/mol. The molecular weight excluding hydrogens is 438 g/mol. The third-order valence-electron chi connectivity index (χ3n) is 5.55. The highest BCUT2D eigenvalue weighted by Crippen LogP contribution is 2.32. The van der Waals surface area contributed by atoms with E-state index in [1.807, 2.05) is 13.1 Å². The Morgan fingerprint density at radius 3 is 2.53 bits per heavy atom.